The van der Waals surface area contributed by atoms with Crippen LogP contribution in [0.15, 0.2) is 109 Å². The van der Waals surface area contributed by atoms with E-state index in [2.05, 4.69) is 88.4 Å². The third kappa shape index (κ3) is 14.1. The minimum atomic E-state index is -0.772. The fourth-order valence-electron chi connectivity index (χ4n) is 4.32. The molecule has 5 heteroatoms. The second kappa shape index (κ2) is 19.0. The van der Waals surface area contributed by atoms with Crippen molar-refractivity contribution in [3.63, 3.8) is 0 Å². The molecule has 0 saturated heterocycles. The topological polar surface area (TPSA) is 74.6 Å². The number of carboxylic acids is 2. The molecule has 0 fully saturated rings. The molecule has 226 valence electrons. The number of hydrogen-bond acceptors (Lipinski definition) is 2. The SMILES string of the molecule is CC(C)Cc1ccc(C(C)C(=O)O)cc1.CC(C)Cc1ccc(C(C)C(=O)O)cc1.c1cc[c]([Sn][c]2ccccc2)cc1. The number of carbonyl (C=O) groups is 2. The van der Waals surface area contributed by atoms with Gasteiger partial charge in [-0.25, -0.2) is 0 Å². The number of hydrogen-bond donors (Lipinski definition) is 2. The number of rotatable bonds is 10. The molecule has 0 aliphatic heterocycles. The van der Waals surface area contributed by atoms with Crippen molar-refractivity contribution in [3.05, 3.63) is 131 Å². The van der Waals surface area contributed by atoms with Gasteiger partial charge in [0.05, 0.1) is 11.8 Å². The number of benzene rings is 4. The Labute approximate surface area is 268 Å². The fraction of sp³-hybridized carbons (Fsp3) is 0.316. The van der Waals surface area contributed by atoms with E-state index >= 15 is 0 Å². The summed E-state index contributed by atoms with van der Waals surface area (Å²) in [6.45, 7) is 12.1. The van der Waals surface area contributed by atoms with E-state index < -0.39 is 44.9 Å². The Morgan fingerprint density at radius 1 is 0.512 bits per heavy atom. The monoisotopic (exact) mass is 686 g/mol. The van der Waals surface area contributed by atoms with Gasteiger partial charge in [-0.15, -0.1) is 0 Å². The zero-order chi connectivity index (χ0) is 31.8. The molecule has 0 aromatic heterocycles. The molecule has 0 aliphatic carbocycles. The van der Waals surface area contributed by atoms with Crippen molar-refractivity contribution in [2.24, 2.45) is 11.8 Å². The summed E-state index contributed by atoms with van der Waals surface area (Å²) < 4.78 is 3.08. The van der Waals surface area contributed by atoms with Gasteiger partial charge < -0.3 is 10.2 Å². The van der Waals surface area contributed by atoms with E-state index in [-0.39, 0.29) is 0 Å². The molecule has 2 atom stereocenters. The van der Waals surface area contributed by atoms with Gasteiger partial charge in [0.15, 0.2) is 0 Å². The zero-order valence-electron chi connectivity index (χ0n) is 26.3. The predicted octanol–water partition coefficient (Wildman–Crippen LogP) is 7.49. The Balaban J connectivity index is 0.000000226. The van der Waals surface area contributed by atoms with Crippen LogP contribution >= 0.6 is 0 Å². The quantitative estimate of drug-likeness (QED) is 0.170. The van der Waals surface area contributed by atoms with Crippen LogP contribution in [0.3, 0.4) is 0 Å². The molecule has 2 radical (unpaired) electrons. The standard InChI is InChI=1S/2C13H18O2.2C6H5.Sn/c2*1-9(2)8-11-4-6-12(7-5-11)10(3)13(14)15;2*1-2-4-6-5-3-1;/h2*4-7,9-10H,8H2,1-3H3,(H,14,15);2*1-5H;. The summed E-state index contributed by atoms with van der Waals surface area (Å²) in [6, 6.07) is 37.3. The van der Waals surface area contributed by atoms with Crippen LogP contribution in [0.25, 0.3) is 0 Å². The second-order valence-electron chi connectivity index (χ2n) is 11.7. The van der Waals surface area contributed by atoms with Crippen molar-refractivity contribution in [3.8, 4) is 0 Å². The van der Waals surface area contributed by atoms with Gasteiger partial charge in [0, 0.05) is 0 Å². The van der Waals surface area contributed by atoms with Crippen LogP contribution < -0.4 is 7.16 Å². The average molecular weight is 685 g/mol. The van der Waals surface area contributed by atoms with Gasteiger partial charge in [-0.3, -0.25) is 9.59 Å². The van der Waals surface area contributed by atoms with E-state index in [9.17, 15) is 9.59 Å². The first-order valence-electron chi connectivity index (χ1n) is 15.0. The summed E-state index contributed by atoms with van der Waals surface area (Å²) in [7, 11) is 0. The molecular weight excluding hydrogens is 639 g/mol. The number of carboxylic acid groups (broad SMARTS) is 2. The van der Waals surface area contributed by atoms with Crippen molar-refractivity contribution in [1.29, 1.82) is 0 Å². The molecule has 4 nitrogen and oxygen atoms in total. The van der Waals surface area contributed by atoms with Gasteiger partial charge >= 0.3 is 101 Å². The maximum atomic E-state index is 10.8. The molecule has 4 aromatic carbocycles. The van der Waals surface area contributed by atoms with Gasteiger partial charge in [-0.05, 0) is 60.8 Å². The summed E-state index contributed by atoms with van der Waals surface area (Å²) in [4.78, 5) is 21.5. The Kier molecular flexibility index (Phi) is 15.8. The molecule has 0 aliphatic rings. The first-order chi connectivity index (χ1) is 20.5. The zero-order valence-corrected chi connectivity index (χ0v) is 29.2. The Bertz CT molecular complexity index is 1240. The normalized spacial score (nSPS) is 11.9. The molecule has 0 spiro atoms. The van der Waals surface area contributed by atoms with E-state index in [0.29, 0.717) is 11.8 Å². The first-order valence-corrected chi connectivity index (χ1v) is 17.8. The summed E-state index contributed by atoms with van der Waals surface area (Å²) in [6.07, 6.45) is 2.09. The third-order valence-electron chi connectivity index (χ3n) is 6.82. The van der Waals surface area contributed by atoms with Gasteiger partial charge in [0.25, 0.3) is 0 Å². The van der Waals surface area contributed by atoms with E-state index in [1.165, 1.54) is 18.3 Å². The van der Waals surface area contributed by atoms with Crippen LogP contribution in [-0.2, 0) is 22.4 Å². The molecule has 0 saturated carbocycles. The van der Waals surface area contributed by atoms with Gasteiger partial charge in [-0.1, -0.05) is 76.2 Å². The summed E-state index contributed by atoms with van der Waals surface area (Å²) in [5, 5.41) is 17.7. The molecule has 43 heavy (non-hydrogen) atoms. The van der Waals surface area contributed by atoms with Crippen LogP contribution in [0.4, 0.5) is 0 Å². The van der Waals surface area contributed by atoms with Gasteiger partial charge in [0.2, 0.25) is 0 Å². The molecular formula is C38H46O4Sn. The van der Waals surface area contributed by atoms with Gasteiger partial charge in [-0.2, -0.15) is 0 Å². The average Bonchev–Trinajstić information content (AvgIpc) is 2.98. The van der Waals surface area contributed by atoms with E-state index in [1.807, 2.05) is 48.5 Å². The van der Waals surface area contributed by atoms with Crippen molar-refractivity contribution < 1.29 is 19.8 Å². The molecule has 2 unspecified atom stereocenters. The fourth-order valence-corrected chi connectivity index (χ4v) is 7.32. The van der Waals surface area contributed by atoms with Crippen LogP contribution in [0.1, 0.15) is 75.6 Å². The van der Waals surface area contributed by atoms with Crippen molar-refractivity contribution in [2.75, 3.05) is 0 Å². The van der Waals surface area contributed by atoms with Crippen molar-refractivity contribution in [2.45, 2.75) is 66.2 Å². The summed E-state index contributed by atoms with van der Waals surface area (Å²) in [5.74, 6) is -1.12. The molecule has 0 amide bonds. The Morgan fingerprint density at radius 2 is 0.814 bits per heavy atom. The van der Waals surface area contributed by atoms with E-state index in [4.69, 9.17) is 10.2 Å². The number of aliphatic carboxylic acids is 2. The Hall–Kier alpha value is -3.38. The van der Waals surface area contributed by atoms with E-state index in [1.54, 1.807) is 13.8 Å². The van der Waals surface area contributed by atoms with Gasteiger partial charge in [0.1, 0.15) is 0 Å². The van der Waals surface area contributed by atoms with E-state index in [0.717, 1.165) is 24.0 Å². The second-order valence-corrected chi connectivity index (χ2v) is 15.7. The first kappa shape index (κ1) is 35.8. The maximum absolute atomic E-state index is 10.8. The molecule has 4 rings (SSSR count). The van der Waals surface area contributed by atoms with Crippen LogP contribution in [0.2, 0.25) is 0 Å². The molecule has 0 heterocycles. The molecule has 4 aromatic rings. The van der Waals surface area contributed by atoms with Crippen molar-refractivity contribution >= 4 is 40.2 Å². The van der Waals surface area contributed by atoms with Crippen LogP contribution in [-0.4, -0.2) is 43.3 Å². The third-order valence-corrected chi connectivity index (χ3v) is 10.4. The van der Waals surface area contributed by atoms with Crippen molar-refractivity contribution in [1.82, 2.24) is 0 Å². The van der Waals surface area contributed by atoms with Crippen LogP contribution in [0.5, 0.6) is 0 Å². The summed E-state index contributed by atoms with van der Waals surface area (Å²) in [5.41, 5.74) is 4.28. The molecule has 0 bridgehead atoms. The predicted molar refractivity (Wildman–Crippen MR) is 180 cm³/mol. The minimum absolute atomic E-state index is 0.418. The molecule has 2 N–H and O–H groups in total. The Morgan fingerprint density at radius 3 is 1.07 bits per heavy atom. The summed E-state index contributed by atoms with van der Waals surface area (Å²) >= 11 is -0.517. The van der Waals surface area contributed by atoms with Crippen LogP contribution in [0, 0.1) is 11.8 Å².